The second-order valence-electron chi connectivity index (χ2n) is 3.90. The maximum atomic E-state index is 11.6. The first-order valence-corrected chi connectivity index (χ1v) is 5.04. The molecule has 0 unspecified atom stereocenters. The van der Waals surface area contributed by atoms with E-state index in [1.165, 1.54) is 6.92 Å². The zero-order valence-corrected chi connectivity index (χ0v) is 9.43. The van der Waals surface area contributed by atoms with Gasteiger partial charge in [-0.1, -0.05) is 30.3 Å². The molecule has 92 valence electrons. The van der Waals surface area contributed by atoms with E-state index in [1.807, 2.05) is 35.8 Å². The van der Waals surface area contributed by atoms with Crippen molar-refractivity contribution in [1.29, 1.82) is 0 Å². The minimum atomic E-state index is -1.29. The number of amides is 2. The van der Waals surface area contributed by atoms with Crippen molar-refractivity contribution in [1.82, 2.24) is 10.7 Å². The number of carboxylic acid groups (broad SMARTS) is 1. The van der Waals surface area contributed by atoms with E-state index in [0.717, 1.165) is 5.56 Å². The van der Waals surface area contributed by atoms with Gasteiger partial charge in [0.2, 0.25) is 0 Å². The van der Waals surface area contributed by atoms with Gasteiger partial charge in [0.1, 0.15) is 5.54 Å². The van der Waals surface area contributed by atoms with E-state index in [1.54, 1.807) is 0 Å². The van der Waals surface area contributed by atoms with Crippen LogP contribution < -0.4 is 16.6 Å². The van der Waals surface area contributed by atoms with E-state index in [-0.39, 0.29) is 6.42 Å². The van der Waals surface area contributed by atoms with Gasteiger partial charge in [-0.3, -0.25) is 10.2 Å². The summed E-state index contributed by atoms with van der Waals surface area (Å²) in [7, 11) is 0. The van der Waals surface area contributed by atoms with Gasteiger partial charge in [-0.2, -0.15) is 0 Å². The zero-order valence-electron chi connectivity index (χ0n) is 9.43. The highest BCUT2D eigenvalue weighted by Gasteiger charge is 2.34. The second-order valence-corrected chi connectivity index (χ2v) is 3.90. The van der Waals surface area contributed by atoms with Crippen molar-refractivity contribution in [3.8, 4) is 0 Å². The highest BCUT2D eigenvalue weighted by Crippen LogP contribution is 2.13. The number of hydrogen-bond donors (Lipinski definition) is 4. The maximum absolute atomic E-state index is 11.6. The Balaban J connectivity index is 2.91. The molecule has 1 rings (SSSR count). The third-order valence-corrected chi connectivity index (χ3v) is 2.42. The summed E-state index contributed by atoms with van der Waals surface area (Å²) in [4.78, 5) is 22.3. The molecular weight excluding hydrogens is 222 g/mol. The lowest BCUT2D eigenvalue weighted by molar-refractivity contribution is -0.126. The number of rotatable bonds is 4. The molecule has 0 aliphatic carbocycles. The summed E-state index contributed by atoms with van der Waals surface area (Å²) in [5.74, 6) is 4.48. The van der Waals surface area contributed by atoms with Crippen molar-refractivity contribution < 1.29 is 14.7 Å². The topological polar surface area (TPSA) is 104 Å². The third-order valence-electron chi connectivity index (χ3n) is 2.42. The fraction of sp³-hybridized carbons (Fsp3) is 0.273. The summed E-state index contributed by atoms with van der Waals surface area (Å²) in [6, 6.07) is 9.10. The van der Waals surface area contributed by atoms with Crippen LogP contribution >= 0.6 is 0 Å². The molecule has 1 aromatic carbocycles. The lowest BCUT2D eigenvalue weighted by Gasteiger charge is -2.27. The van der Waals surface area contributed by atoms with Crippen molar-refractivity contribution in [2.75, 3.05) is 0 Å². The van der Waals surface area contributed by atoms with Gasteiger partial charge in [-0.05, 0) is 12.5 Å². The van der Waals surface area contributed by atoms with Gasteiger partial charge < -0.3 is 10.4 Å². The zero-order chi connectivity index (χ0) is 12.9. The van der Waals surface area contributed by atoms with Gasteiger partial charge in [0.15, 0.2) is 0 Å². The van der Waals surface area contributed by atoms with Crippen molar-refractivity contribution in [2.24, 2.45) is 5.84 Å². The second kappa shape index (κ2) is 5.31. The van der Waals surface area contributed by atoms with Crippen LogP contribution in [0.2, 0.25) is 0 Å². The largest absolute Gasteiger partial charge is 0.465 e. The van der Waals surface area contributed by atoms with E-state index in [0.29, 0.717) is 0 Å². The van der Waals surface area contributed by atoms with Gasteiger partial charge in [0, 0.05) is 6.42 Å². The summed E-state index contributed by atoms with van der Waals surface area (Å²) in [6.07, 6.45) is -1.05. The van der Waals surface area contributed by atoms with E-state index < -0.39 is 17.5 Å². The van der Waals surface area contributed by atoms with Crippen molar-refractivity contribution in [2.45, 2.75) is 18.9 Å². The number of hydrazine groups is 1. The standard InChI is InChI=1S/C11H15N3O3/c1-11(9(15)14-12,13-10(16)17)7-8-5-3-2-4-6-8/h2-6,13H,7,12H2,1H3,(H,14,15)(H,16,17)/t11-/m1/s1. The Morgan fingerprint density at radius 3 is 2.41 bits per heavy atom. The van der Waals surface area contributed by atoms with Gasteiger partial charge in [-0.25, -0.2) is 10.6 Å². The monoisotopic (exact) mass is 237 g/mol. The van der Waals surface area contributed by atoms with Gasteiger partial charge in [0.25, 0.3) is 5.91 Å². The molecule has 2 amide bonds. The maximum Gasteiger partial charge on any atom is 0.405 e. The van der Waals surface area contributed by atoms with Gasteiger partial charge in [0.05, 0.1) is 0 Å². The first kappa shape index (κ1) is 13.0. The Morgan fingerprint density at radius 2 is 1.94 bits per heavy atom. The van der Waals surface area contributed by atoms with Crippen LogP contribution in [0.25, 0.3) is 0 Å². The average molecular weight is 237 g/mol. The lowest BCUT2D eigenvalue weighted by Crippen LogP contribution is -2.59. The van der Waals surface area contributed by atoms with E-state index in [2.05, 4.69) is 5.32 Å². The van der Waals surface area contributed by atoms with Crippen LogP contribution in [0.4, 0.5) is 4.79 Å². The molecular formula is C11H15N3O3. The Hall–Kier alpha value is -2.08. The van der Waals surface area contributed by atoms with Crippen molar-refractivity contribution >= 4 is 12.0 Å². The van der Waals surface area contributed by atoms with Crippen LogP contribution in [0.1, 0.15) is 12.5 Å². The number of carbonyl (C=O) groups excluding carboxylic acids is 1. The third kappa shape index (κ3) is 3.46. The SMILES string of the molecule is C[C@](Cc1ccccc1)(NC(=O)O)C(=O)NN. The first-order valence-electron chi connectivity index (χ1n) is 5.04. The van der Waals surface area contributed by atoms with Crippen LogP contribution in [0.15, 0.2) is 30.3 Å². The molecule has 0 heterocycles. The number of nitrogens with one attached hydrogen (secondary N) is 2. The lowest BCUT2D eigenvalue weighted by atomic mass is 9.92. The minimum Gasteiger partial charge on any atom is -0.465 e. The number of hydrogen-bond acceptors (Lipinski definition) is 3. The average Bonchev–Trinajstić information content (AvgIpc) is 2.28. The highest BCUT2D eigenvalue weighted by atomic mass is 16.4. The molecule has 1 aromatic rings. The molecule has 6 heteroatoms. The minimum absolute atomic E-state index is 0.225. The number of nitrogens with two attached hydrogens (primary N) is 1. The fourth-order valence-corrected chi connectivity index (χ4v) is 1.58. The van der Waals surface area contributed by atoms with Gasteiger partial charge in [-0.15, -0.1) is 0 Å². The fourth-order valence-electron chi connectivity index (χ4n) is 1.58. The molecule has 0 radical (unpaired) electrons. The molecule has 17 heavy (non-hydrogen) atoms. The van der Waals surface area contributed by atoms with Crippen molar-refractivity contribution in [3.63, 3.8) is 0 Å². The molecule has 0 aliphatic rings. The molecule has 0 aliphatic heterocycles. The van der Waals surface area contributed by atoms with Gasteiger partial charge >= 0.3 is 6.09 Å². The van der Waals surface area contributed by atoms with E-state index >= 15 is 0 Å². The first-order chi connectivity index (χ1) is 7.98. The van der Waals surface area contributed by atoms with Crippen LogP contribution in [0.3, 0.4) is 0 Å². The molecule has 6 nitrogen and oxygen atoms in total. The predicted octanol–water partition coefficient (Wildman–Crippen LogP) is 0.245. The quantitative estimate of drug-likeness (QED) is 0.342. The number of benzene rings is 1. The molecule has 0 fully saturated rings. The molecule has 5 N–H and O–H groups in total. The number of carbonyl (C=O) groups is 2. The Labute approximate surface area is 98.8 Å². The van der Waals surface area contributed by atoms with E-state index in [4.69, 9.17) is 10.9 Å². The molecule has 0 saturated carbocycles. The molecule has 0 aromatic heterocycles. The molecule has 0 spiro atoms. The summed E-state index contributed by atoms with van der Waals surface area (Å²) in [5.41, 5.74) is 1.52. The summed E-state index contributed by atoms with van der Waals surface area (Å²) in [6.45, 7) is 1.48. The van der Waals surface area contributed by atoms with Crippen molar-refractivity contribution in [3.05, 3.63) is 35.9 Å². The molecule has 0 saturated heterocycles. The summed E-state index contributed by atoms with van der Waals surface area (Å²) in [5, 5.41) is 10.9. The van der Waals surface area contributed by atoms with Crippen LogP contribution in [0.5, 0.6) is 0 Å². The Morgan fingerprint density at radius 1 is 1.35 bits per heavy atom. The summed E-state index contributed by atoms with van der Waals surface area (Å²) < 4.78 is 0. The van der Waals surface area contributed by atoms with E-state index in [9.17, 15) is 9.59 Å². The Bertz CT molecular complexity index is 408. The summed E-state index contributed by atoms with van der Waals surface area (Å²) >= 11 is 0. The van der Waals surface area contributed by atoms with Crippen LogP contribution in [-0.2, 0) is 11.2 Å². The Kier molecular flexibility index (Phi) is 4.06. The van der Waals surface area contributed by atoms with Crippen LogP contribution in [-0.4, -0.2) is 22.6 Å². The predicted molar refractivity (Wildman–Crippen MR) is 62.0 cm³/mol. The highest BCUT2D eigenvalue weighted by molar-refractivity contribution is 5.89. The molecule has 1 atom stereocenters. The smallest absolute Gasteiger partial charge is 0.405 e. The normalized spacial score (nSPS) is 13.5. The van der Waals surface area contributed by atoms with Crippen LogP contribution in [0, 0.1) is 0 Å². The molecule has 0 bridgehead atoms.